The summed E-state index contributed by atoms with van der Waals surface area (Å²) < 4.78 is 0. The van der Waals surface area contributed by atoms with Crippen LogP contribution in [-0.4, -0.2) is 17.1 Å². The van der Waals surface area contributed by atoms with E-state index in [0.29, 0.717) is 16.6 Å². The Kier molecular flexibility index (Phi) is 4.43. The van der Waals surface area contributed by atoms with Crippen molar-refractivity contribution in [3.63, 3.8) is 0 Å². The summed E-state index contributed by atoms with van der Waals surface area (Å²) in [5.41, 5.74) is 6.46. The molecule has 0 unspecified atom stereocenters. The summed E-state index contributed by atoms with van der Waals surface area (Å²) in [4.78, 5) is 16.7. The molecule has 130 valence electrons. The first-order valence-corrected chi connectivity index (χ1v) is 8.95. The second-order valence-corrected chi connectivity index (χ2v) is 6.97. The zero-order valence-electron chi connectivity index (χ0n) is 14.3. The van der Waals surface area contributed by atoms with Gasteiger partial charge in [0.2, 0.25) is 5.91 Å². The summed E-state index contributed by atoms with van der Waals surface area (Å²) in [5, 5.41) is 5.44. The van der Waals surface area contributed by atoms with Crippen molar-refractivity contribution in [1.29, 1.82) is 0 Å². The van der Waals surface area contributed by atoms with Crippen LogP contribution in [0.3, 0.4) is 0 Å². The van der Waals surface area contributed by atoms with Gasteiger partial charge in [0, 0.05) is 16.9 Å². The van der Waals surface area contributed by atoms with Crippen LogP contribution in [0.2, 0.25) is 5.15 Å². The van der Waals surface area contributed by atoms with Crippen molar-refractivity contribution < 1.29 is 4.79 Å². The van der Waals surface area contributed by atoms with Gasteiger partial charge >= 0.3 is 0 Å². The number of hydrogen-bond donors (Lipinski definition) is 1. The van der Waals surface area contributed by atoms with Gasteiger partial charge in [0.05, 0.1) is 11.7 Å². The van der Waals surface area contributed by atoms with Crippen LogP contribution in [0.4, 0.5) is 0 Å². The molecule has 4 rings (SSSR count). The predicted molar refractivity (Wildman–Crippen MR) is 105 cm³/mol. The van der Waals surface area contributed by atoms with Gasteiger partial charge in [-0.25, -0.2) is 10.4 Å². The summed E-state index contributed by atoms with van der Waals surface area (Å²) in [7, 11) is 0. The van der Waals surface area contributed by atoms with Crippen LogP contribution < -0.4 is 5.43 Å². The van der Waals surface area contributed by atoms with E-state index < -0.39 is 0 Å². The van der Waals surface area contributed by atoms with E-state index in [1.54, 1.807) is 6.21 Å². The molecule has 0 spiro atoms. The molecule has 0 aliphatic heterocycles. The number of carbonyl (C=O) groups is 1. The monoisotopic (exact) mass is 363 g/mol. The zero-order chi connectivity index (χ0) is 18.1. The molecule has 2 atom stereocenters. The number of hydrogen-bond acceptors (Lipinski definition) is 3. The molecule has 0 radical (unpaired) electrons. The van der Waals surface area contributed by atoms with E-state index in [9.17, 15) is 4.79 Å². The molecule has 0 saturated heterocycles. The average molecular weight is 364 g/mol. The molecule has 26 heavy (non-hydrogen) atoms. The molecule has 1 fully saturated rings. The van der Waals surface area contributed by atoms with Gasteiger partial charge in [-0.1, -0.05) is 60.1 Å². The van der Waals surface area contributed by atoms with E-state index in [-0.39, 0.29) is 11.8 Å². The van der Waals surface area contributed by atoms with Crippen LogP contribution in [0.25, 0.3) is 10.9 Å². The van der Waals surface area contributed by atoms with Crippen LogP contribution in [0.1, 0.15) is 29.0 Å². The molecule has 1 amide bonds. The number of amides is 1. The van der Waals surface area contributed by atoms with E-state index in [4.69, 9.17) is 11.6 Å². The minimum absolute atomic E-state index is 0.0117. The fraction of sp³-hybridized carbons (Fsp3) is 0.190. The molecule has 1 N–H and O–H groups in total. The first kappa shape index (κ1) is 16.7. The van der Waals surface area contributed by atoms with Gasteiger partial charge in [0.15, 0.2) is 0 Å². The molecule has 1 saturated carbocycles. The number of nitrogens with one attached hydrogen (secondary N) is 1. The van der Waals surface area contributed by atoms with E-state index in [1.165, 1.54) is 5.56 Å². The highest BCUT2D eigenvalue weighted by Crippen LogP contribution is 2.47. The Morgan fingerprint density at radius 2 is 2.04 bits per heavy atom. The number of carbonyl (C=O) groups excluding carboxylic acids is 1. The summed E-state index contributed by atoms with van der Waals surface area (Å²) in [6.45, 7) is 2.00. The van der Waals surface area contributed by atoms with Gasteiger partial charge in [-0.15, -0.1) is 0 Å². The molecule has 1 heterocycles. The number of nitrogens with zero attached hydrogens (tertiary/aromatic N) is 2. The minimum atomic E-state index is -0.0594. The molecule has 1 aliphatic carbocycles. The Bertz CT molecular complexity index is 1000. The van der Waals surface area contributed by atoms with Crippen LogP contribution in [-0.2, 0) is 4.79 Å². The van der Waals surface area contributed by atoms with E-state index in [0.717, 1.165) is 22.9 Å². The number of aryl methyl sites for hydroxylation is 1. The topological polar surface area (TPSA) is 54.4 Å². The van der Waals surface area contributed by atoms with Gasteiger partial charge in [0.1, 0.15) is 5.15 Å². The molecule has 2 aromatic carbocycles. The summed E-state index contributed by atoms with van der Waals surface area (Å²) >= 11 is 6.25. The smallest absolute Gasteiger partial charge is 0.243 e. The van der Waals surface area contributed by atoms with Crippen molar-refractivity contribution in [3.8, 4) is 0 Å². The lowest BCUT2D eigenvalue weighted by molar-refractivity contribution is -0.122. The average Bonchev–Trinajstić information content (AvgIpc) is 3.45. The maximum Gasteiger partial charge on any atom is 0.243 e. The third-order valence-corrected chi connectivity index (χ3v) is 5.06. The number of fused-ring (bicyclic) bond motifs is 1. The fourth-order valence-electron chi connectivity index (χ4n) is 3.23. The maximum absolute atomic E-state index is 12.2. The SMILES string of the molecule is Cc1cccc2cc(/C=N/NC(=O)[C@H]3C[C@@H]3c3ccccc3)c(Cl)nc12. The van der Waals surface area contributed by atoms with Gasteiger partial charge < -0.3 is 0 Å². The zero-order valence-corrected chi connectivity index (χ0v) is 15.1. The third kappa shape index (κ3) is 3.33. The number of para-hydroxylation sites is 1. The Morgan fingerprint density at radius 1 is 1.23 bits per heavy atom. The number of pyridine rings is 1. The maximum atomic E-state index is 12.2. The quantitative estimate of drug-likeness (QED) is 0.423. The highest BCUT2D eigenvalue weighted by atomic mass is 35.5. The number of aromatic nitrogens is 1. The molecule has 1 aromatic heterocycles. The minimum Gasteiger partial charge on any atom is -0.273 e. The first-order valence-electron chi connectivity index (χ1n) is 8.57. The first-order chi connectivity index (χ1) is 12.6. The Hall–Kier alpha value is -2.72. The molecule has 1 aliphatic rings. The number of rotatable bonds is 4. The number of hydrazone groups is 1. The highest BCUT2D eigenvalue weighted by molar-refractivity contribution is 6.32. The van der Waals surface area contributed by atoms with E-state index >= 15 is 0 Å². The van der Waals surface area contributed by atoms with Crippen molar-refractivity contribution in [2.75, 3.05) is 0 Å². The van der Waals surface area contributed by atoms with E-state index in [2.05, 4.69) is 27.6 Å². The van der Waals surface area contributed by atoms with Crippen LogP contribution in [0.15, 0.2) is 59.7 Å². The van der Waals surface area contributed by atoms with Gasteiger partial charge in [-0.05, 0) is 36.5 Å². The number of halogens is 1. The Balaban J connectivity index is 1.44. The van der Waals surface area contributed by atoms with Crippen molar-refractivity contribution in [2.24, 2.45) is 11.0 Å². The molecule has 5 heteroatoms. The second-order valence-electron chi connectivity index (χ2n) is 6.61. The third-order valence-electron chi connectivity index (χ3n) is 4.76. The lowest BCUT2D eigenvalue weighted by Crippen LogP contribution is -2.20. The molecular formula is C21H18ClN3O. The standard InChI is InChI=1S/C21H18ClN3O/c1-13-6-5-9-15-10-16(20(22)24-19(13)15)12-23-25-21(26)18-11-17(18)14-7-3-2-4-8-14/h2-10,12,17-18H,11H2,1H3,(H,25,26)/b23-12+/t17-,18+/m1/s1. The highest BCUT2D eigenvalue weighted by Gasteiger charge is 2.43. The van der Waals surface area contributed by atoms with Gasteiger partial charge in [-0.3, -0.25) is 4.79 Å². The van der Waals surface area contributed by atoms with Crippen molar-refractivity contribution in [1.82, 2.24) is 10.4 Å². The molecular weight excluding hydrogens is 346 g/mol. The van der Waals surface area contributed by atoms with Gasteiger partial charge in [0.25, 0.3) is 0 Å². The molecule has 4 nitrogen and oxygen atoms in total. The Labute approximate surface area is 156 Å². The van der Waals surface area contributed by atoms with Crippen molar-refractivity contribution in [3.05, 3.63) is 76.4 Å². The molecule has 0 bridgehead atoms. The Morgan fingerprint density at radius 3 is 2.85 bits per heavy atom. The largest absolute Gasteiger partial charge is 0.273 e. The van der Waals surface area contributed by atoms with Crippen LogP contribution in [0, 0.1) is 12.8 Å². The van der Waals surface area contributed by atoms with Crippen LogP contribution in [0.5, 0.6) is 0 Å². The van der Waals surface area contributed by atoms with Crippen molar-refractivity contribution >= 4 is 34.6 Å². The van der Waals surface area contributed by atoms with Gasteiger partial charge in [-0.2, -0.15) is 5.10 Å². The summed E-state index contributed by atoms with van der Waals surface area (Å²) in [6, 6.07) is 18.0. The summed E-state index contributed by atoms with van der Waals surface area (Å²) in [5.74, 6) is 0.221. The fourth-order valence-corrected chi connectivity index (χ4v) is 3.42. The second kappa shape index (κ2) is 6.89. The van der Waals surface area contributed by atoms with Crippen molar-refractivity contribution in [2.45, 2.75) is 19.3 Å². The predicted octanol–water partition coefficient (Wildman–Crippen LogP) is 4.45. The summed E-state index contributed by atoms with van der Waals surface area (Å²) in [6.07, 6.45) is 2.41. The lowest BCUT2D eigenvalue weighted by Gasteiger charge is -2.04. The van der Waals surface area contributed by atoms with Crippen LogP contribution >= 0.6 is 11.6 Å². The van der Waals surface area contributed by atoms with E-state index in [1.807, 2.05) is 49.4 Å². The number of benzene rings is 2. The lowest BCUT2D eigenvalue weighted by atomic mass is 10.1. The molecule has 3 aromatic rings. The normalized spacial score (nSPS) is 19.0.